The molecule has 0 bridgehead atoms. The summed E-state index contributed by atoms with van der Waals surface area (Å²) < 4.78 is 23.1. The SMILES string of the molecule is CN(C)c1ccnc(N2CCN(CC3CCS(=O)(=O)CC3)CC2)n1. The number of hydrogen-bond acceptors (Lipinski definition) is 7. The van der Waals surface area contributed by atoms with E-state index in [1.165, 1.54) is 0 Å². The molecule has 0 aromatic carbocycles. The third-order valence-electron chi connectivity index (χ3n) is 4.93. The number of sulfone groups is 1. The van der Waals surface area contributed by atoms with E-state index in [9.17, 15) is 8.42 Å². The summed E-state index contributed by atoms with van der Waals surface area (Å²) in [5.74, 6) is 2.97. The summed E-state index contributed by atoms with van der Waals surface area (Å²) in [6.07, 6.45) is 3.44. The molecule has 0 atom stereocenters. The molecule has 2 fully saturated rings. The third kappa shape index (κ3) is 4.36. The van der Waals surface area contributed by atoms with Crippen molar-refractivity contribution in [1.29, 1.82) is 0 Å². The summed E-state index contributed by atoms with van der Waals surface area (Å²) in [6.45, 7) is 4.82. The number of rotatable bonds is 4. The summed E-state index contributed by atoms with van der Waals surface area (Å²) >= 11 is 0. The van der Waals surface area contributed by atoms with Crippen LogP contribution in [0.1, 0.15) is 12.8 Å². The maximum atomic E-state index is 11.5. The molecular formula is C16H27N5O2S. The maximum absolute atomic E-state index is 11.5. The average molecular weight is 353 g/mol. The lowest BCUT2D eigenvalue weighted by Gasteiger charge is -2.37. The molecule has 3 heterocycles. The van der Waals surface area contributed by atoms with Gasteiger partial charge in [0, 0.05) is 53.0 Å². The van der Waals surface area contributed by atoms with Crippen LogP contribution < -0.4 is 9.80 Å². The topological polar surface area (TPSA) is 69.6 Å². The second kappa shape index (κ2) is 7.23. The van der Waals surface area contributed by atoms with Crippen molar-refractivity contribution < 1.29 is 8.42 Å². The van der Waals surface area contributed by atoms with E-state index in [1.807, 2.05) is 31.3 Å². The highest BCUT2D eigenvalue weighted by molar-refractivity contribution is 7.91. The van der Waals surface area contributed by atoms with Crippen LogP contribution in [0.25, 0.3) is 0 Å². The van der Waals surface area contributed by atoms with Crippen LogP contribution in [0.3, 0.4) is 0 Å². The van der Waals surface area contributed by atoms with Gasteiger partial charge in [-0.2, -0.15) is 4.98 Å². The first-order chi connectivity index (χ1) is 11.4. The van der Waals surface area contributed by atoms with Crippen molar-refractivity contribution in [3.8, 4) is 0 Å². The minimum Gasteiger partial charge on any atom is -0.363 e. The zero-order valence-electron chi connectivity index (χ0n) is 14.6. The van der Waals surface area contributed by atoms with Gasteiger partial charge in [-0.15, -0.1) is 0 Å². The van der Waals surface area contributed by atoms with E-state index < -0.39 is 9.84 Å². The number of piperazine rings is 1. The molecule has 0 amide bonds. The molecule has 0 radical (unpaired) electrons. The van der Waals surface area contributed by atoms with E-state index >= 15 is 0 Å². The van der Waals surface area contributed by atoms with Gasteiger partial charge in [0.1, 0.15) is 15.7 Å². The molecule has 0 unspecified atom stereocenters. The Morgan fingerprint density at radius 1 is 1.17 bits per heavy atom. The summed E-state index contributed by atoms with van der Waals surface area (Å²) in [5.41, 5.74) is 0. The second-order valence-corrected chi connectivity index (χ2v) is 9.30. The van der Waals surface area contributed by atoms with Crippen LogP contribution in [0.15, 0.2) is 12.3 Å². The molecule has 0 spiro atoms. The largest absolute Gasteiger partial charge is 0.363 e. The molecular weight excluding hydrogens is 326 g/mol. The first-order valence-corrected chi connectivity index (χ1v) is 10.4. The summed E-state index contributed by atoms with van der Waals surface area (Å²) in [4.78, 5) is 15.7. The number of nitrogens with zero attached hydrogens (tertiary/aromatic N) is 5. The summed E-state index contributed by atoms with van der Waals surface area (Å²) in [5, 5.41) is 0. The standard InChI is InChI=1S/C16H27N5O2S/c1-19(2)15-3-6-17-16(18-15)21-9-7-20(8-10-21)13-14-4-11-24(22,23)12-5-14/h3,6,14H,4-5,7-13H2,1-2H3. The van der Waals surface area contributed by atoms with Gasteiger partial charge in [-0.3, -0.25) is 4.90 Å². The Balaban J connectivity index is 1.50. The monoisotopic (exact) mass is 353 g/mol. The molecule has 2 aliphatic heterocycles. The molecule has 3 rings (SSSR count). The van der Waals surface area contributed by atoms with Crippen LogP contribution in [0.4, 0.5) is 11.8 Å². The zero-order chi connectivity index (χ0) is 17.2. The Labute approximate surface area is 144 Å². The van der Waals surface area contributed by atoms with E-state index in [0.29, 0.717) is 17.4 Å². The van der Waals surface area contributed by atoms with Gasteiger partial charge < -0.3 is 9.80 Å². The second-order valence-electron chi connectivity index (χ2n) is 6.99. The molecule has 2 saturated heterocycles. The van der Waals surface area contributed by atoms with Crippen molar-refractivity contribution in [2.45, 2.75) is 12.8 Å². The minimum atomic E-state index is -2.76. The summed E-state index contributed by atoms with van der Waals surface area (Å²) in [6, 6.07) is 1.91. The lowest BCUT2D eigenvalue weighted by Crippen LogP contribution is -2.49. The smallest absolute Gasteiger partial charge is 0.227 e. The van der Waals surface area contributed by atoms with Crippen LogP contribution in [-0.4, -0.2) is 81.6 Å². The maximum Gasteiger partial charge on any atom is 0.227 e. The molecule has 1 aromatic heterocycles. The highest BCUT2D eigenvalue weighted by Gasteiger charge is 2.27. The molecule has 0 N–H and O–H groups in total. The molecule has 24 heavy (non-hydrogen) atoms. The third-order valence-corrected chi connectivity index (χ3v) is 6.65. The van der Waals surface area contributed by atoms with Crippen molar-refractivity contribution >= 4 is 21.6 Å². The molecule has 0 aliphatic carbocycles. The van der Waals surface area contributed by atoms with Crippen molar-refractivity contribution in [2.24, 2.45) is 5.92 Å². The Morgan fingerprint density at radius 2 is 1.83 bits per heavy atom. The van der Waals surface area contributed by atoms with Crippen LogP contribution >= 0.6 is 0 Å². The average Bonchev–Trinajstić information content (AvgIpc) is 2.57. The normalized spacial score (nSPS) is 22.5. The van der Waals surface area contributed by atoms with Crippen molar-refractivity contribution in [3.05, 3.63) is 12.3 Å². The van der Waals surface area contributed by atoms with Crippen LogP contribution in [0.2, 0.25) is 0 Å². The van der Waals surface area contributed by atoms with Gasteiger partial charge in [0.25, 0.3) is 0 Å². The highest BCUT2D eigenvalue weighted by atomic mass is 32.2. The van der Waals surface area contributed by atoms with Gasteiger partial charge in [0.05, 0.1) is 11.5 Å². The van der Waals surface area contributed by atoms with Gasteiger partial charge in [-0.1, -0.05) is 0 Å². The number of anilines is 2. The lowest BCUT2D eigenvalue weighted by molar-refractivity contribution is 0.210. The predicted octanol–water partition coefficient (Wildman–Crippen LogP) is 0.489. The van der Waals surface area contributed by atoms with E-state index in [-0.39, 0.29) is 0 Å². The van der Waals surface area contributed by atoms with Gasteiger partial charge in [0.2, 0.25) is 5.95 Å². The van der Waals surface area contributed by atoms with Gasteiger partial charge in [0.15, 0.2) is 0 Å². The molecule has 0 saturated carbocycles. The fraction of sp³-hybridized carbons (Fsp3) is 0.750. The predicted molar refractivity (Wildman–Crippen MR) is 96.4 cm³/mol. The van der Waals surface area contributed by atoms with E-state index in [1.54, 1.807) is 0 Å². The van der Waals surface area contributed by atoms with E-state index in [2.05, 4.69) is 19.8 Å². The quantitative estimate of drug-likeness (QED) is 0.780. The molecule has 7 nitrogen and oxygen atoms in total. The van der Waals surface area contributed by atoms with E-state index in [4.69, 9.17) is 0 Å². The molecule has 8 heteroatoms. The fourth-order valence-corrected chi connectivity index (χ4v) is 4.95. The molecule has 2 aliphatic rings. The lowest BCUT2D eigenvalue weighted by atomic mass is 10.0. The first-order valence-electron chi connectivity index (χ1n) is 8.61. The Kier molecular flexibility index (Phi) is 5.24. The van der Waals surface area contributed by atoms with Crippen LogP contribution in [0, 0.1) is 5.92 Å². The van der Waals surface area contributed by atoms with Crippen LogP contribution in [-0.2, 0) is 9.84 Å². The minimum absolute atomic E-state index is 0.364. The Morgan fingerprint density at radius 3 is 2.46 bits per heavy atom. The fourth-order valence-electron chi connectivity index (χ4n) is 3.36. The highest BCUT2D eigenvalue weighted by Crippen LogP contribution is 2.21. The molecule has 134 valence electrons. The van der Waals surface area contributed by atoms with E-state index in [0.717, 1.165) is 57.3 Å². The Bertz CT molecular complexity index is 642. The van der Waals surface area contributed by atoms with Gasteiger partial charge in [-0.05, 0) is 24.8 Å². The number of hydrogen-bond donors (Lipinski definition) is 0. The van der Waals surface area contributed by atoms with Crippen LogP contribution in [0.5, 0.6) is 0 Å². The first kappa shape index (κ1) is 17.4. The Hall–Kier alpha value is -1.41. The summed E-state index contributed by atoms with van der Waals surface area (Å²) in [7, 11) is 1.20. The van der Waals surface area contributed by atoms with Crippen molar-refractivity contribution in [1.82, 2.24) is 14.9 Å². The van der Waals surface area contributed by atoms with Crippen molar-refractivity contribution in [2.75, 3.05) is 68.1 Å². The number of aromatic nitrogens is 2. The molecule has 1 aromatic rings. The van der Waals surface area contributed by atoms with Crippen molar-refractivity contribution in [3.63, 3.8) is 0 Å². The zero-order valence-corrected chi connectivity index (χ0v) is 15.4. The van der Waals surface area contributed by atoms with Gasteiger partial charge in [-0.25, -0.2) is 13.4 Å². The van der Waals surface area contributed by atoms with Gasteiger partial charge >= 0.3 is 0 Å².